The lowest BCUT2D eigenvalue weighted by atomic mass is 10.1. The molecule has 0 aliphatic rings. The SMILES string of the molecule is COc1cc2nccc(Oc3ccc(NC(=O)/C(=C/N)C(=O)Nc4ccc(F)cc4)c(F)c3)c2cc1OC. The van der Waals surface area contributed by atoms with Gasteiger partial charge in [0.05, 0.1) is 25.4 Å². The van der Waals surface area contributed by atoms with Gasteiger partial charge in [-0.3, -0.25) is 14.6 Å². The summed E-state index contributed by atoms with van der Waals surface area (Å²) in [5.74, 6) is -1.61. The normalized spacial score (nSPS) is 11.1. The molecular weight excluding hydrogens is 498 g/mol. The van der Waals surface area contributed by atoms with Crippen molar-refractivity contribution in [1.82, 2.24) is 4.98 Å². The molecule has 194 valence electrons. The number of benzene rings is 3. The van der Waals surface area contributed by atoms with Crippen molar-refractivity contribution < 1.29 is 32.6 Å². The van der Waals surface area contributed by atoms with Crippen molar-refractivity contribution in [2.24, 2.45) is 5.73 Å². The average molecular weight is 520 g/mol. The highest BCUT2D eigenvalue weighted by molar-refractivity contribution is 6.26. The molecule has 38 heavy (non-hydrogen) atoms. The summed E-state index contributed by atoms with van der Waals surface area (Å²) in [7, 11) is 3.01. The fourth-order valence-corrected chi connectivity index (χ4v) is 3.50. The first-order valence-electron chi connectivity index (χ1n) is 11.1. The van der Waals surface area contributed by atoms with E-state index in [0.717, 1.165) is 24.4 Å². The van der Waals surface area contributed by atoms with Gasteiger partial charge in [-0.15, -0.1) is 0 Å². The van der Waals surface area contributed by atoms with Gasteiger partial charge in [0.2, 0.25) is 0 Å². The third-order valence-corrected chi connectivity index (χ3v) is 5.38. The van der Waals surface area contributed by atoms with Crippen molar-refractivity contribution in [3.05, 3.63) is 90.3 Å². The summed E-state index contributed by atoms with van der Waals surface area (Å²) in [6, 6.07) is 13.7. The molecule has 4 rings (SSSR count). The van der Waals surface area contributed by atoms with Gasteiger partial charge in [-0.1, -0.05) is 0 Å². The fourth-order valence-electron chi connectivity index (χ4n) is 3.50. The minimum absolute atomic E-state index is 0.145. The van der Waals surface area contributed by atoms with Crippen LogP contribution in [0.5, 0.6) is 23.0 Å². The third-order valence-electron chi connectivity index (χ3n) is 5.38. The maximum atomic E-state index is 14.9. The third kappa shape index (κ3) is 5.62. The van der Waals surface area contributed by atoms with Crippen LogP contribution in [0.2, 0.25) is 0 Å². The largest absolute Gasteiger partial charge is 0.493 e. The number of hydrogen-bond acceptors (Lipinski definition) is 7. The molecule has 9 nitrogen and oxygen atoms in total. The van der Waals surface area contributed by atoms with Gasteiger partial charge >= 0.3 is 0 Å². The number of anilines is 2. The van der Waals surface area contributed by atoms with Crippen molar-refractivity contribution in [1.29, 1.82) is 0 Å². The predicted octanol–water partition coefficient (Wildman–Crippen LogP) is 4.74. The standard InChI is InChI=1S/C27H22F2N4O5/c1-36-24-12-18-22(13-25(24)37-2)31-10-9-23(18)38-17-7-8-21(20(29)11-17)33-27(35)19(14-30)26(34)32-16-5-3-15(28)4-6-16/h3-14H,30H2,1-2H3,(H,32,34)(H,33,35)/b19-14+. The van der Waals surface area contributed by atoms with Crippen LogP contribution in [-0.4, -0.2) is 31.0 Å². The van der Waals surface area contributed by atoms with Crippen LogP contribution in [0.3, 0.4) is 0 Å². The van der Waals surface area contributed by atoms with E-state index in [1.807, 2.05) is 0 Å². The number of amides is 2. The molecule has 0 aliphatic carbocycles. The number of nitrogens with one attached hydrogen (secondary N) is 2. The van der Waals surface area contributed by atoms with Gasteiger partial charge in [-0.25, -0.2) is 8.78 Å². The van der Waals surface area contributed by atoms with Crippen molar-refractivity contribution in [3.8, 4) is 23.0 Å². The Morgan fingerprint density at radius 2 is 1.55 bits per heavy atom. The van der Waals surface area contributed by atoms with E-state index in [0.29, 0.717) is 28.2 Å². The molecule has 4 aromatic rings. The van der Waals surface area contributed by atoms with Crippen LogP contribution in [0.25, 0.3) is 10.9 Å². The number of carbonyl (C=O) groups excluding carboxylic acids is 2. The molecule has 0 unspecified atom stereocenters. The number of aromatic nitrogens is 1. The molecule has 1 aromatic heterocycles. The highest BCUT2D eigenvalue weighted by Gasteiger charge is 2.20. The highest BCUT2D eigenvalue weighted by atomic mass is 19.1. The summed E-state index contributed by atoms with van der Waals surface area (Å²) < 4.78 is 44.4. The minimum atomic E-state index is -0.944. The van der Waals surface area contributed by atoms with E-state index in [4.69, 9.17) is 19.9 Å². The number of methoxy groups -OCH3 is 2. The Kier molecular flexibility index (Phi) is 7.66. The Morgan fingerprint density at radius 1 is 0.868 bits per heavy atom. The fraction of sp³-hybridized carbons (Fsp3) is 0.0741. The minimum Gasteiger partial charge on any atom is -0.493 e. The molecule has 0 fully saturated rings. The van der Waals surface area contributed by atoms with Crippen molar-refractivity contribution in [2.75, 3.05) is 24.9 Å². The van der Waals surface area contributed by atoms with E-state index in [1.54, 1.807) is 18.2 Å². The molecule has 0 saturated carbocycles. The monoisotopic (exact) mass is 520 g/mol. The Balaban J connectivity index is 1.50. The number of nitrogens with zero attached hydrogens (tertiary/aromatic N) is 1. The van der Waals surface area contributed by atoms with Crippen LogP contribution in [-0.2, 0) is 9.59 Å². The first kappa shape index (κ1) is 25.9. The summed E-state index contributed by atoms with van der Waals surface area (Å²) in [6.07, 6.45) is 2.33. The summed E-state index contributed by atoms with van der Waals surface area (Å²) in [5.41, 5.74) is 5.60. The number of pyridine rings is 1. The molecule has 1 heterocycles. The van der Waals surface area contributed by atoms with Crippen LogP contribution in [0.4, 0.5) is 20.2 Å². The maximum absolute atomic E-state index is 14.9. The van der Waals surface area contributed by atoms with Gasteiger partial charge in [0.1, 0.15) is 28.7 Å². The average Bonchev–Trinajstić information content (AvgIpc) is 2.91. The van der Waals surface area contributed by atoms with Gasteiger partial charge in [0, 0.05) is 35.6 Å². The molecule has 11 heteroatoms. The van der Waals surface area contributed by atoms with Crippen molar-refractivity contribution >= 4 is 34.1 Å². The lowest BCUT2D eigenvalue weighted by Crippen LogP contribution is -2.26. The lowest BCUT2D eigenvalue weighted by molar-refractivity contribution is -0.118. The van der Waals surface area contributed by atoms with Crippen LogP contribution < -0.4 is 30.6 Å². The number of nitrogens with two attached hydrogens (primary N) is 1. The van der Waals surface area contributed by atoms with Gasteiger partial charge < -0.3 is 30.6 Å². The first-order valence-corrected chi connectivity index (χ1v) is 11.1. The summed E-state index contributed by atoms with van der Waals surface area (Å²) in [5, 5.41) is 5.33. The Labute approximate surface area is 215 Å². The number of carbonyl (C=O) groups is 2. The molecule has 3 aromatic carbocycles. The second kappa shape index (κ2) is 11.2. The number of rotatable bonds is 8. The molecular formula is C27H22F2N4O5. The summed E-state index contributed by atoms with van der Waals surface area (Å²) in [6.45, 7) is 0. The smallest absolute Gasteiger partial charge is 0.262 e. The van der Waals surface area contributed by atoms with Crippen LogP contribution in [0.1, 0.15) is 0 Å². The van der Waals surface area contributed by atoms with E-state index in [-0.39, 0.29) is 17.1 Å². The highest BCUT2D eigenvalue weighted by Crippen LogP contribution is 2.37. The van der Waals surface area contributed by atoms with Gasteiger partial charge in [0.25, 0.3) is 11.8 Å². The molecule has 0 spiro atoms. The quantitative estimate of drug-likeness (QED) is 0.174. The van der Waals surface area contributed by atoms with Crippen molar-refractivity contribution in [3.63, 3.8) is 0 Å². The van der Waals surface area contributed by atoms with Crippen molar-refractivity contribution in [2.45, 2.75) is 0 Å². The van der Waals surface area contributed by atoms with Gasteiger partial charge in [0.15, 0.2) is 11.5 Å². The first-order chi connectivity index (χ1) is 18.3. The summed E-state index contributed by atoms with van der Waals surface area (Å²) in [4.78, 5) is 29.4. The molecule has 4 N–H and O–H groups in total. The molecule has 0 saturated heterocycles. The van der Waals surface area contributed by atoms with Crippen LogP contribution >= 0.6 is 0 Å². The Morgan fingerprint density at radius 3 is 2.21 bits per heavy atom. The topological polar surface area (TPSA) is 125 Å². The molecule has 0 atom stereocenters. The zero-order valence-electron chi connectivity index (χ0n) is 20.2. The zero-order valence-corrected chi connectivity index (χ0v) is 20.2. The maximum Gasteiger partial charge on any atom is 0.262 e. The van der Waals surface area contributed by atoms with Crippen LogP contribution in [0, 0.1) is 11.6 Å². The van der Waals surface area contributed by atoms with Gasteiger partial charge in [-0.2, -0.15) is 0 Å². The second-order valence-corrected chi connectivity index (χ2v) is 7.77. The van der Waals surface area contributed by atoms with E-state index >= 15 is 0 Å². The predicted molar refractivity (Wildman–Crippen MR) is 137 cm³/mol. The second-order valence-electron chi connectivity index (χ2n) is 7.77. The Hall–Kier alpha value is -5.19. The number of fused-ring (bicyclic) bond motifs is 1. The number of hydrogen-bond donors (Lipinski definition) is 3. The number of ether oxygens (including phenoxy) is 3. The van der Waals surface area contributed by atoms with Crippen LogP contribution in [0.15, 0.2) is 78.6 Å². The zero-order chi connectivity index (χ0) is 27.2. The summed E-state index contributed by atoms with van der Waals surface area (Å²) >= 11 is 0. The molecule has 0 aliphatic heterocycles. The lowest BCUT2D eigenvalue weighted by Gasteiger charge is -2.13. The molecule has 2 amide bonds. The number of halogens is 2. The van der Waals surface area contributed by atoms with E-state index in [2.05, 4.69) is 15.6 Å². The molecule has 0 radical (unpaired) electrons. The van der Waals surface area contributed by atoms with Gasteiger partial charge in [-0.05, 0) is 48.5 Å². The Bertz CT molecular complexity index is 1540. The van der Waals surface area contributed by atoms with E-state index in [9.17, 15) is 18.4 Å². The molecule has 0 bridgehead atoms. The van der Waals surface area contributed by atoms with E-state index < -0.39 is 29.0 Å². The van der Waals surface area contributed by atoms with E-state index in [1.165, 1.54) is 44.7 Å².